The van der Waals surface area contributed by atoms with Gasteiger partial charge in [-0.15, -0.1) is 11.1 Å². The maximum atomic E-state index is 3.55. The second-order valence-corrected chi connectivity index (χ2v) is 5.42. The summed E-state index contributed by atoms with van der Waals surface area (Å²) in [5.41, 5.74) is 3.91. The molecule has 0 spiro atoms. The predicted molar refractivity (Wildman–Crippen MR) is 96.9 cm³/mol. The summed E-state index contributed by atoms with van der Waals surface area (Å²) in [6, 6.07) is 24.7. The molecule has 124 valence electrons. The van der Waals surface area contributed by atoms with E-state index in [4.69, 9.17) is 0 Å². The zero-order valence-corrected chi connectivity index (χ0v) is 15.8. The normalized spacial score (nSPS) is 8.73. The molecule has 0 radical (unpaired) electrons. The summed E-state index contributed by atoms with van der Waals surface area (Å²) in [6.45, 7) is 2.13. The van der Waals surface area contributed by atoms with E-state index in [9.17, 15) is 0 Å². The van der Waals surface area contributed by atoms with Crippen LogP contribution in [0, 0.1) is 6.92 Å². The molecule has 0 heterocycles. The topological polar surface area (TPSA) is 12.0 Å². The number of rotatable bonds is 1. The van der Waals surface area contributed by atoms with Crippen LogP contribution in [-0.2, 0) is 17.1 Å². The van der Waals surface area contributed by atoms with Crippen molar-refractivity contribution in [2.45, 2.75) is 6.92 Å². The Kier molecular flexibility index (Phi) is 11.8. The van der Waals surface area contributed by atoms with Gasteiger partial charge in [0.2, 0.25) is 0 Å². The maximum Gasteiger partial charge on any atom is 0 e. The minimum atomic E-state index is 0. The van der Waals surface area contributed by atoms with E-state index in [0.29, 0.717) is 0 Å². The molecule has 0 fully saturated rings. The van der Waals surface area contributed by atoms with E-state index < -0.39 is 0 Å². The molecule has 3 heteroatoms. The number of halogens is 1. The summed E-state index contributed by atoms with van der Waals surface area (Å²) in [4.78, 5) is 0. The minimum Gasteiger partial charge on any atom is -0.748 e. The van der Waals surface area contributed by atoms with Gasteiger partial charge in [-0.3, -0.25) is 0 Å². The number of hydrogen-bond donors (Lipinski definition) is 1. The van der Waals surface area contributed by atoms with Crippen LogP contribution in [0.2, 0.25) is 0 Å². The Morgan fingerprint density at radius 3 is 1.82 bits per heavy atom. The maximum absolute atomic E-state index is 3.55. The molecule has 1 N–H and O–H groups in total. The molecule has 0 saturated heterocycles. The molecule has 3 aromatic carbocycles. The summed E-state index contributed by atoms with van der Waals surface area (Å²) in [5.74, 6) is 0. The summed E-state index contributed by atoms with van der Waals surface area (Å²) in [5, 5.41) is 2.75. The summed E-state index contributed by atoms with van der Waals surface area (Å²) >= 11 is 3.55. The van der Waals surface area contributed by atoms with Crippen molar-refractivity contribution >= 4 is 15.9 Å². The standard InChI is InChI=1S/C12H10Br.C5H5.C2H7N.Fe/c1-9-5-4-7-10(9)11-6-2-3-8-12(11)13;1-2-4-5-3-1;1-3-2;/h2-8H,1H3;1-5H;3H,1-2H3;/q-1;-5;;. The monoisotopic (exact) mass is 399 g/mol. The van der Waals surface area contributed by atoms with Crippen LogP contribution in [0.3, 0.4) is 0 Å². The number of benzene rings is 1. The quantitative estimate of drug-likeness (QED) is 0.427. The van der Waals surface area contributed by atoms with E-state index in [-0.39, 0.29) is 17.1 Å². The fraction of sp³-hybridized carbons (Fsp3) is 0.158. The van der Waals surface area contributed by atoms with Crippen LogP contribution in [0.25, 0.3) is 11.1 Å². The number of aryl methyl sites for hydroxylation is 1. The van der Waals surface area contributed by atoms with E-state index in [1.165, 1.54) is 16.7 Å². The van der Waals surface area contributed by atoms with Gasteiger partial charge in [-0.25, -0.2) is 0 Å². The number of hydrogen-bond acceptors (Lipinski definition) is 1. The Hall–Kier alpha value is -1.12. The van der Waals surface area contributed by atoms with Gasteiger partial charge in [0, 0.05) is 17.1 Å². The van der Waals surface area contributed by atoms with Gasteiger partial charge < -0.3 is 35.6 Å². The van der Waals surface area contributed by atoms with Crippen molar-refractivity contribution in [2.24, 2.45) is 0 Å². The summed E-state index contributed by atoms with van der Waals surface area (Å²) < 4.78 is 1.16. The van der Waals surface area contributed by atoms with Crippen molar-refractivity contribution in [3.05, 3.63) is 82.8 Å². The second kappa shape index (κ2) is 12.4. The van der Waals surface area contributed by atoms with E-state index in [0.717, 1.165) is 4.47 Å². The Labute approximate surface area is 153 Å². The molecule has 0 saturated carbocycles. The zero-order chi connectivity index (χ0) is 15.5. The van der Waals surface area contributed by atoms with Crippen LogP contribution in [0.15, 0.2) is 77.3 Å². The smallest absolute Gasteiger partial charge is 0 e. The second-order valence-electron chi connectivity index (χ2n) is 4.56. The van der Waals surface area contributed by atoms with Gasteiger partial charge >= 0.3 is 0 Å². The fourth-order valence-corrected chi connectivity index (χ4v) is 2.31. The van der Waals surface area contributed by atoms with Gasteiger partial charge in [-0.1, -0.05) is 52.7 Å². The molecule has 0 aliphatic heterocycles. The van der Waals surface area contributed by atoms with Crippen molar-refractivity contribution in [2.75, 3.05) is 14.1 Å². The van der Waals surface area contributed by atoms with Gasteiger partial charge in [-0.2, -0.15) is 18.2 Å². The SMILES string of the molecule is CNC.C[c-]1cccc1-c1ccccc1Br.[Fe].[cH-]1[cH-][cH-][cH-][cH-]1. The molecule has 0 atom stereocenters. The molecule has 1 nitrogen and oxygen atoms in total. The zero-order valence-electron chi connectivity index (χ0n) is 13.2. The Morgan fingerprint density at radius 2 is 1.41 bits per heavy atom. The summed E-state index contributed by atoms with van der Waals surface area (Å²) in [6.07, 6.45) is 0. The van der Waals surface area contributed by atoms with Gasteiger partial charge in [-0.05, 0) is 18.6 Å². The van der Waals surface area contributed by atoms with Gasteiger partial charge in [0.05, 0.1) is 0 Å². The van der Waals surface area contributed by atoms with Crippen molar-refractivity contribution in [1.82, 2.24) is 5.32 Å². The average molecular weight is 400 g/mol. The van der Waals surface area contributed by atoms with Gasteiger partial charge in [0.1, 0.15) is 0 Å². The molecule has 0 unspecified atom stereocenters. The molecular formula is C19H22BrFeN-6. The predicted octanol–water partition coefficient (Wildman–Crippen LogP) is 5.38. The Bertz CT molecular complexity index is 582. The summed E-state index contributed by atoms with van der Waals surface area (Å²) in [7, 11) is 3.75. The van der Waals surface area contributed by atoms with Crippen molar-refractivity contribution in [1.29, 1.82) is 0 Å². The molecule has 0 aromatic heterocycles. The third-order valence-electron chi connectivity index (χ3n) is 2.75. The van der Waals surface area contributed by atoms with Crippen LogP contribution >= 0.6 is 15.9 Å². The van der Waals surface area contributed by atoms with E-state index in [1.807, 2.05) is 50.5 Å². The minimum absolute atomic E-state index is 0. The van der Waals surface area contributed by atoms with Gasteiger partial charge in [0.25, 0.3) is 0 Å². The van der Waals surface area contributed by atoms with E-state index >= 15 is 0 Å². The fourth-order valence-electron chi connectivity index (χ4n) is 1.81. The first-order valence-electron chi connectivity index (χ1n) is 6.93. The molecule has 0 aliphatic rings. The molecule has 0 amide bonds. The third kappa shape index (κ3) is 7.24. The molecule has 0 aliphatic carbocycles. The first-order valence-corrected chi connectivity index (χ1v) is 7.72. The molecule has 22 heavy (non-hydrogen) atoms. The van der Waals surface area contributed by atoms with Gasteiger partial charge in [0.15, 0.2) is 0 Å². The molecule has 0 bridgehead atoms. The van der Waals surface area contributed by atoms with Crippen LogP contribution in [0.5, 0.6) is 0 Å². The van der Waals surface area contributed by atoms with Crippen LogP contribution in [0.1, 0.15) is 5.56 Å². The Balaban J connectivity index is 0.000000411. The van der Waals surface area contributed by atoms with Crippen LogP contribution in [-0.4, -0.2) is 14.1 Å². The first kappa shape index (κ1) is 20.9. The number of nitrogens with one attached hydrogen (secondary N) is 1. The van der Waals surface area contributed by atoms with Crippen LogP contribution in [0.4, 0.5) is 0 Å². The third-order valence-corrected chi connectivity index (χ3v) is 3.45. The van der Waals surface area contributed by atoms with Crippen molar-refractivity contribution in [3.63, 3.8) is 0 Å². The first-order chi connectivity index (χ1) is 10.2. The molecule has 3 aromatic rings. The van der Waals surface area contributed by atoms with Crippen LogP contribution < -0.4 is 5.32 Å². The van der Waals surface area contributed by atoms with E-state index in [2.05, 4.69) is 64.6 Å². The largest absolute Gasteiger partial charge is 0.748 e. The Morgan fingerprint density at radius 1 is 0.909 bits per heavy atom. The molecule has 3 rings (SSSR count). The molecular weight excluding hydrogens is 378 g/mol. The van der Waals surface area contributed by atoms with Crippen molar-refractivity contribution in [3.8, 4) is 11.1 Å². The van der Waals surface area contributed by atoms with E-state index in [1.54, 1.807) is 0 Å². The van der Waals surface area contributed by atoms with Crippen molar-refractivity contribution < 1.29 is 17.1 Å². The average Bonchev–Trinajstić information content (AvgIpc) is 3.15.